The zero-order valence-electron chi connectivity index (χ0n) is 40.3. The molecule has 1 aliphatic rings. The number of phosphoric acid groups is 2. The number of carbonyl (C=O) groups is 2. The summed E-state index contributed by atoms with van der Waals surface area (Å²) in [5.74, 6) is 0.243. The largest absolute Gasteiger partial charge is 0.481 e. The van der Waals surface area contributed by atoms with Crippen LogP contribution in [-0.2, 0) is 46.3 Å². The summed E-state index contributed by atoms with van der Waals surface area (Å²) in [5.41, 5.74) is 4.59. The van der Waals surface area contributed by atoms with E-state index in [4.69, 9.17) is 29.0 Å². The van der Waals surface area contributed by atoms with Gasteiger partial charge in [0, 0.05) is 19.0 Å². The second-order valence-electron chi connectivity index (χ2n) is 18.6. The average Bonchev–Trinajstić information content (AvgIpc) is 3.52. The molecule has 18 nitrogen and oxygen atoms in total. The van der Waals surface area contributed by atoms with E-state index < -0.39 is 83.7 Å². The first-order valence-corrected chi connectivity index (χ1v) is 27.8. The molecule has 2 heterocycles. The zero-order chi connectivity index (χ0) is 48.8. The lowest BCUT2D eigenvalue weighted by atomic mass is 10.0. The Morgan fingerprint density at radius 3 is 1.59 bits per heavy atom. The Labute approximate surface area is 393 Å². The highest BCUT2D eigenvalue weighted by Gasteiger charge is 2.46. The van der Waals surface area contributed by atoms with Gasteiger partial charge in [0.05, 0.1) is 13.2 Å². The summed E-state index contributed by atoms with van der Waals surface area (Å²) < 4.78 is 56.7. The molecular weight excluding hydrogens is 896 g/mol. The maximum atomic E-state index is 12.8. The first-order chi connectivity index (χ1) is 31.4. The van der Waals surface area contributed by atoms with Crippen molar-refractivity contribution >= 4 is 33.4 Å². The number of nitrogens with two attached hydrogens (primary N) is 1. The lowest BCUT2D eigenvalue weighted by Gasteiger charge is -2.21. The third-order valence-electron chi connectivity index (χ3n) is 11.5. The molecule has 6 N–H and O–H groups in total. The van der Waals surface area contributed by atoms with Gasteiger partial charge in [0.2, 0.25) is 0 Å². The van der Waals surface area contributed by atoms with Gasteiger partial charge >= 0.3 is 33.3 Å². The topological polar surface area (TPSA) is 265 Å². The molecule has 1 fully saturated rings. The number of nitrogens with zero attached hydrogens (tertiary/aromatic N) is 2. The maximum absolute atomic E-state index is 12.8. The quantitative estimate of drug-likeness (QED) is 0.0233. The fraction of sp³-hybridized carbons (Fsp3) is 0.870. The number of esters is 2. The van der Waals surface area contributed by atoms with E-state index in [0.717, 1.165) is 67.8 Å². The molecular formula is C46H85N3O15P2. The number of rotatable bonds is 40. The van der Waals surface area contributed by atoms with E-state index in [1.54, 1.807) is 0 Å². The molecule has 0 aliphatic carbocycles. The second-order valence-corrected chi connectivity index (χ2v) is 21.7. The molecule has 1 aliphatic heterocycles. The lowest BCUT2D eigenvalue weighted by Crippen LogP contribution is -2.36. The van der Waals surface area contributed by atoms with Crippen LogP contribution in [0.3, 0.4) is 0 Å². The average molecular weight is 982 g/mol. The Kier molecular flexibility index (Phi) is 31.0. The van der Waals surface area contributed by atoms with E-state index in [0.29, 0.717) is 12.8 Å². The molecule has 20 heteroatoms. The zero-order valence-corrected chi connectivity index (χ0v) is 42.1. The molecule has 66 heavy (non-hydrogen) atoms. The Morgan fingerprint density at radius 1 is 0.682 bits per heavy atom. The molecule has 2 rings (SSSR count). The molecule has 1 saturated heterocycles. The Balaban J connectivity index is 1.80. The van der Waals surface area contributed by atoms with Crippen molar-refractivity contribution in [3.63, 3.8) is 0 Å². The highest BCUT2D eigenvalue weighted by Crippen LogP contribution is 2.60. The molecule has 1 aromatic heterocycles. The number of unbranched alkanes of at least 4 members (excludes halogenated alkanes) is 20. The number of aliphatic hydroxyl groups excluding tert-OH is 2. The summed E-state index contributed by atoms with van der Waals surface area (Å²) in [6, 6.07) is 1.25. The normalized spacial score (nSPS) is 19.8. The number of aromatic nitrogens is 2. The number of hydrogen-bond acceptors (Lipinski definition) is 15. The van der Waals surface area contributed by atoms with Crippen molar-refractivity contribution in [1.29, 1.82) is 0 Å². The van der Waals surface area contributed by atoms with Gasteiger partial charge in [-0.05, 0) is 30.7 Å². The number of hydrogen-bond donors (Lipinski definition) is 5. The van der Waals surface area contributed by atoms with Gasteiger partial charge in [-0.1, -0.05) is 169 Å². The third kappa shape index (κ3) is 28.3. The van der Waals surface area contributed by atoms with E-state index >= 15 is 0 Å². The number of ether oxygens (including phenoxy) is 3. The molecule has 0 amide bonds. The van der Waals surface area contributed by atoms with E-state index in [1.165, 1.54) is 102 Å². The van der Waals surface area contributed by atoms with Crippen molar-refractivity contribution in [2.45, 2.75) is 225 Å². The van der Waals surface area contributed by atoms with Gasteiger partial charge in [-0.15, -0.1) is 0 Å². The standard InChI is InChI=1S/C46H85N3O15P2/c1-36(2)27-23-19-15-11-8-6-5-7-9-13-18-22-26-30-42(51)62-38(33-59-41(50)29-25-21-17-14-10-12-16-20-24-28-37(3)4)34-60-65(55,56)64-66(57,58)61-35-39-43(52)44(53)45(63-39)49-32-31-40(47)48-46(49)54/h31-32,36-39,43-45,52-53H,5-30,33-35H2,1-4H3,(H,55,56)(H,57,58)(H2,47,48,54)/t38-,39-,43+,44?,45-/m1/s1. The van der Waals surface area contributed by atoms with Crippen molar-refractivity contribution in [2.24, 2.45) is 11.8 Å². The van der Waals surface area contributed by atoms with Gasteiger partial charge in [-0.3, -0.25) is 23.2 Å². The monoisotopic (exact) mass is 982 g/mol. The van der Waals surface area contributed by atoms with Crippen LogP contribution in [0, 0.1) is 11.8 Å². The minimum atomic E-state index is -5.42. The molecule has 7 atom stereocenters. The minimum Gasteiger partial charge on any atom is -0.462 e. The van der Waals surface area contributed by atoms with Gasteiger partial charge in [0.25, 0.3) is 0 Å². The van der Waals surface area contributed by atoms with Crippen molar-refractivity contribution in [2.75, 3.05) is 25.6 Å². The molecule has 0 radical (unpaired) electrons. The van der Waals surface area contributed by atoms with Crippen LogP contribution in [0.15, 0.2) is 17.1 Å². The molecule has 1 aromatic rings. The van der Waals surface area contributed by atoms with Crippen molar-refractivity contribution in [3.8, 4) is 0 Å². The summed E-state index contributed by atoms with van der Waals surface area (Å²) in [6.45, 7) is 6.75. The fourth-order valence-electron chi connectivity index (χ4n) is 7.68. The van der Waals surface area contributed by atoms with Crippen LogP contribution in [-0.4, -0.2) is 85.7 Å². The highest BCUT2D eigenvalue weighted by atomic mass is 31.3. The number of nitrogen functional groups attached to an aromatic ring is 1. The van der Waals surface area contributed by atoms with E-state index in [-0.39, 0.29) is 18.7 Å². The number of aliphatic hydroxyl groups is 2. The van der Waals surface area contributed by atoms with Crippen molar-refractivity contribution in [3.05, 3.63) is 22.7 Å². The van der Waals surface area contributed by atoms with Crippen LogP contribution >= 0.6 is 15.6 Å². The van der Waals surface area contributed by atoms with Crippen molar-refractivity contribution < 1.29 is 66.3 Å². The third-order valence-corrected chi connectivity index (χ3v) is 14.1. The lowest BCUT2D eigenvalue weighted by molar-refractivity contribution is -0.161. The van der Waals surface area contributed by atoms with Gasteiger partial charge in [-0.2, -0.15) is 9.29 Å². The second kappa shape index (κ2) is 34.1. The Morgan fingerprint density at radius 2 is 1.12 bits per heavy atom. The SMILES string of the molecule is CC(C)CCCCCCCCCCCCCCCC(=O)O[C@H](COC(=O)CCCCCCCCCCCC(C)C)COP(=O)(O)OP(=O)(O)OC[C@H]1O[C@@H](n2ccc(N)nc2=O)C(O)[C@H]1O. The molecule has 0 saturated carbocycles. The smallest absolute Gasteiger partial charge is 0.462 e. The van der Waals surface area contributed by atoms with Crippen LogP contribution in [0.1, 0.15) is 201 Å². The Hall–Kier alpha value is -2.24. The highest BCUT2D eigenvalue weighted by molar-refractivity contribution is 7.61. The van der Waals surface area contributed by atoms with Crippen LogP contribution in [0.2, 0.25) is 0 Å². The first-order valence-electron chi connectivity index (χ1n) is 24.8. The number of carbonyl (C=O) groups excluding carboxylic acids is 2. The predicted molar refractivity (Wildman–Crippen MR) is 252 cm³/mol. The van der Waals surface area contributed by atoms with Crippen LogP contribution in [0.25, 0.3) is 0 Å². The van der Waals surface area contributed by atoms with Gasteiger partial charge < -0.3 is 39.9 Å². The van der Waals surface area contributed by atoms with E-state index in [9.17, 15) is 43.5 Å². The fourth-order valence-corrected chi connectivity index (χ4v) is 9.79. The number of anilines is 1. The van der Waals surface area contributed by atoms with Crippen molar-refractivity contribution in [1.82, 2.24) is 9.55 Å². The maximum Gasteiger partial charge on any atom is 0.481 e. The predicted octanol–water partition coefficient (Wildman–Crippen LogP) is 9.60. The molecule has 384 valence electrons. The Bertz CT molecular complexity index is 1630. The van der Waals surface area contributed by atoms with Gasteiger partial charge in [0.15, 0.2) is 12.3 Å². The van der Waals surface area contributed by atoms with Gasteiger partial charge in [-0.25, -0.2) is 13.9 Å². The summed E-state index contributed by atoms with van der Waals surface area (Å²) >= 11 is 0. The summed E-state index contributed by atoms with van der Waals surface area (Å²) in [6.07, 6.45) is 20.7. The molecule has 0 aromatic carbocycles. The van der Waals surface area contributed by atoms with Crippen LogP contribution in [0.4, 0.5) is 5.82 Å². The van der Waals surface area contributed by atoms with Gasteiger partial charge in [0.1, 0.15) is 30.7 Å². The molecule has 0 bridgehead atoms. The summed E-state index contributed by atoms with van der Waals surface area (Å²) in [5, 5.41) is 20.9. The van der Waals surface area contributed by atoms with Crippen LogP contribution < -0.4 is 11.4 Å². The summed E-state index contributed by atoms with van der Waals surface area (Å²) in [7, 11) is -10.8. The minimum absolute atomic E-state index is 0.0562. The molecule has 0 spiro atoms. The first kappa shape index (κ1) is 59.9. The number of phosphoric ester groups is 2. The van der Waals surface area contributed by atoms with E-state index in [1.807, 2.05) is 0 Å². The molecule has 3 unspecified atom stereocenters. The van der Waals surface area contributed by atoms with Crippen LogP contribution in [0.5, 0.6) is 0 Å². The summed E-state index contributed by atoms with van der Waals surface area (Å²) in [4.78, 5) is 61.8. The van der Waals surface area contributed by atoms with E-state index in [2.05, 4.69) is 37.0 Å².